The lowest BCUT2D eigenvalue weighted by atomic mass is 10.2. The van der Waals surface area contributed by atoms with E-state index >= 15 is 0 Å². The summed E-state index contributed by atoms with van der Waals surface area (Å²) >= 11 is 0. The highest BCUT2D eigenvalue weighted by atomic mass is 32.2. The Bertz CT molecular complexity index is 484. The molecule has 0 bridgehead atoms. The minimum atomic E-state index is -3.22. The van der Waals surface area contributed by atoms with Crippen LogP contribution in [0, 0.1) is 0 Å². The van der Waals surface area contributed by atoms with E-state index < -0.39 is 15.1 Å². The molecule has 0 amide bonds. The van der Waals surface area contributed by atoms with Gasteiger partial charge in [-0.2, -0.15) is 9.97 Å². The number of aromatic nitrogens is 3. The van der Waals surface area contributed by atoms with E-state index in [-0.39, 0.29) is 17.7 Å². The molecule has 1 atom stereocenters. The van der Waals surface area contributed by atoms with Crippen LogP contribution in [0.2, 0.25) is 0 Å². The van der Waals surface area contributed by atoms with Crippen LogP contribution in [0.3, 0.4) is 0 Å². The second-order valence-corrected chi connectivity index (χ2v) is 6.40. The number of sulfone groups is 1. The highest BCUT2D eigenvalue weighted by Crippen LogP contribution is 2.19. The molecule has 16 heavy (non-hydrogen) atoms. The van der Waals surface area contributed by atoms with Crippen LogP contribution in [0.4, 0.5) is 5.95 Å². The van der Waals surface area contributed by atoms with Gasteiger partial charge in [-0.05, 0) is 6.92 Å². The molecular weight excluding hydrogens is 228 g/mol. The Balaban J connectivity index is 3.25. The van der Waals surface area contributed by atoms with Crippen LogP contribution >= 0.6 is 0 Å². The molecule has 1 rings (SSSR count). The molecule has 0 aliphatic rings. The van der Waals surface area contributed by atoms with E-state index in [0.717, 1.165) is 6.26 Å². The summed E-state index contributed by atoms with van der Waals surface area (Å²) in [5.74, 6) is 0.858. The predicted octanol–water partition coefficient (Wildman–Crippen LogP) is 0.683. The molecule has 0 fully saturated rings. The predicted molar refractivity (Wildman–Crippen MR) is 61.6 cm³/mol. The van der Waals surface area contributed by atoms with Crippen LogP contribution in [0.1, 0.15) is 43.6 Å². The lowest BCUT2D eigenvalue weighted by Crippen LogP contribution is -2.15. The van der Waals surface area contributed by atoms with Crippen molar-refractivity contribution in [3.8, 4) is 0 Å². The van der Waals surface area contributed by atoms with Gasteiger partial charge in [-0.25, -0.2) is 13.4 Å². The largest absolute Gasteiger partial charge is 0.368 e. The van der Waals surface area contributed by atoms with E-state index in [1.807, 2.05) is 13.8 Å². The molecule has 0 aliphatic carbocycles. The van der Waals surface area contributed by atoms with Crippen LogP contribution in [0.5, 0.6) is 0 Å². The first-order chi connectivity index (χ1) is 7.21. The third kappa shape index (κ3) is 2.88. The maximum atomic E-state index is 11.4. The highest BCUT2D eigenvalue weighted by molar-refractivity contribution is 7.90. The van der Waals surface area contributed by atoms with Crippen molar-refractivity contribution in [1.29, 1.82) is 0 Å². The minimum absolute atomic E-state index is 0.0594. The van der Waals surface area contributed by atoms with Crippen LogP contribution in [-0.2, 0) is 9.84 Å². The Kier molecular flexibility index (Phi) is 3.47. The topological polar surface area (TPSA) is 98.8 Å². The zero-order chi connectivity index (χ0) is 12.5. The van der Waals surface area contributed by atoms with Crippen molar-refractivity contribution in [2.24, 2.45) is 0 Å². The number of anilines is 1. The average Bonchev–Trinajstić information content (AvgIpc) is 2.14. The van der Waals surface area contributed by atoms with Gasteiger partial charge in [0.05, 0.1) is 0 Å². The summed E-state index contributed by atoms with van der Waals surface area (Å²) in [5, 5.41) is -0.768. The number of nitrogens with two attached hydrogens (primary N) is 1. The normalized spacial score (nSPS) is 14.1. The van der Waals surface area contributed by atoms with Gasteiger partial charge in [-0.15, -0.1) is 0 Å². The van der Waals surface area contributed by atoms with E-state index in [9.17, 15) is 8.42 Å². The summed E-state index contributed by atoms with van der Waals surface area (Å²) in [6.45, 7) is 5.35. The van der Waals surface area contributed by atoms with Gasteiger partial charge >= 0.3 is 0 Å². The van der Waals surface area contributed by atoms with Crippen molar-refractivity contribution < 1.29 is 8.42 Å². The van der Waals surface area contributed by atoms with Crippen molar-refractivity contribution in [1.82, 2.24) is 15.0 Å². The molecule has 1 heterocycles. The van der Waals surface area contributed by atoms with Gasteiger partial charge in [-0.1, -0.05) is 13.8 Å². The summed E-state index contributed by atoms with van der Waals surface area (Å²) in [6, 6.07) is 0. The summed E-state index contributed by atoms with van der Waals surface area (Å²) in [5.41, 5.74) is 5.52. The number of nitrogens with zero attached hydrogens (tertiary/aromatic N) is 3. The molecule has 0 aromatic carbocycles. The lowest BCUT2D eigenvalue weighted by molar-refractivity contribution is 0.587. The van der Waals surface area contributed by atoms with E-state index in [0.29, 0.717) is 5.82 Å². The van der Waals surface area contributed by atoms with E-state index in [1.165, 1.54) is 6.92 Å². The molecule has 0 spiro atoms. The first-order valence-electron chi connectivity index (χ1n) is 4.92. The molecule has 6 nitrogen and oxygen atoms in total. The van der Waals surface area contributed by atoms with Crippen LogP contribution in [-0.4, -0.2) is 29.6 Å². The fourth-order valence-electron chi connectivity index (χ4n) is 1.06. The Morgan fingerprint density at radius 1 is 1.06 bits per heavy atom. The average molecular weight is 244 g/mol. The second kappa shape index (κ2) is 4.32. The fourth-order valence-corrected chi connectivity index (χ4v) is 1.55. The maximum absolute atomic E-state index is 11.4. The SMILES string of the molecule is CC(C)c1nc(N)nc(C(C)S(C)(=O)=O)n1. The van der Waals surface area contributed by atoms with Crippen molar-refractivity contribution in [3.63, 3.8) is 0 Å². The molecular formula is C9H16N4O2S. The molecule has 7 heteroatoms. The van der Waals surface area contributed by atoms with Crippen LogP contribution < -0.4 is 5.73 Å². The van der Waals surface area contributed by atoms with Gasteiger partial charge in [0, 0.05) is 12.2 Å². The molecule has 0 aliphatic heterocycles. The second-order valence-electron chi connectivity index (χ2n) is 4.04. The van der Waals surface area contributed by atoms with Gasteiger partial charge in [0.25, 0.3) is 0 Å². The maximum Gasteiger partial charge on any atom is 0.223 e. The van der Waals surface area contributed by atoms with Crippen molar-refractivity contribution >= 4 is 15.8 Å². The van der Waals surface area contributed by atoms with Gasteiger partial charge in [0.15, 0.2) is 15.7 Å². The molecule has 0 radical (unpaired) electrons. The molecule has 0 saturated carbocycles. The van der Waals surface area contributed by atoms with E-state index in [1.54, 1.807) is 0 Å². The summed E-state index contributed by atoms with van der Waals surface area (Å²) in [4.78, 5) is 11.9. The number of rotatable bonds is 3. The number of hydrogen-bond acceptors (Lipinski definition) is 6. The monoisotopic (exact) mass is 244 g/mol. The summed E-state index contributed by atoms with van der Waals surface area (Å²) in [7, 11) is -3.22. The van der Waals surface area contributed by atoms with Gasteiger partial charge in [0.1, 0.15) is 11.1 Å². The Hall–Kier alpha value is -1.24. The summed E-state index contributed by atoms with van der Waals surface area (Å²) < 4.78 is 22.8. The molecule has 90 valence electrons. The molecule has 1 aromatic rings. The Morgan fingerprint density at radius 3 is 2.00 bits per heavy atom. The van der Waals surface area contributed by atoms with Crippen molar-refractivity contribution in [2.75, 3.05) is 12.0 Å². The molecule has 0 saturated heterocycles. The quantitative estimate of drug-likeness (QED) is 0.839. The summed E-state index contributed by atoms with van der Waals surface area (Å²) in [6.07, 6.45) is 1.15. The molecule has 2 N–H and O–H groups in total. The first kappa shape index (κ1) is 12.8. The van der Waals surface area contributed by atoms with Crippen molar-refractivity contribution in [3.05, 3.63) is 11.6 Å². The van der Waals surface area contributed by atoms with Gasteiger partial charge < -0.3 is 5.73 Å². The minimum Gasteiger partial charge on any atom is -0.368 e. The van der Waals surface area contributed by atoms with Crippen molar-refractivity contribution in [2.45, 2.75) is 31.9 Å². The Morgan fingerprint density at radius 2 is 1.56 bits per heavy atom. The first-order valence-corrected chi connectivity index (χ1v) is 6.87. The number of nitrogen functional groups attached to an aromatic ring is 1. The highest BCUT2D eigenvalue weighted by Gasteiger charge is 2.22. The zero-order valence-corrected chi connectivity index (χ0v) is 10.6. The third-order valence-electron chi connectivity index (χ3n) is 2.21. The van der Waals surface area contributed by atoms with E-state index in [2.05, 4.69) is 15.0 Å². The van der Waals surface area contributed by atoms with E-state index in [4.69, 9.17) is 5.73 Å². The number of hydrogen-bond donors (Lipinski definition) is 1. The molecule has 1 unspecified atom stereocenters. The zero-order valence-electron chi connectivity index (χ0n) is 9.80. The molecule has 1 aromatic heterocycles. The fraction of sp³-hybridized carbons (Fsp3) is 0.667. The third-order valence-corrected chi connectivity index (χ3v) is 3.70. The van der Waals surface area contributed by atoms with Gasteiger partial charge in [-0.3, -0.25) is 0 Å². The Labute approximate surface area is 95.2 Å². The standard InChI is InChI=1S/C9H16N4O2S/c1-5(2)7-11-8(13-9(10)12-7)6(3)16(4,14)15/h5-6H,1-4H3,(H2,10,11,12,13). The smallest absolute Gasteiger partial charge is 0.223 e. The lowest BCUT2D eigenvalue weighted by Gasteiger charge is -2.11. The van der Waals surface area contributed by atoms with Gasteiger partial charge in [0.2, 0.25) is 5.95 Å². The van der Waals surface area contributed by atoms with Crippen LogP contribution in [0.25, 0.3) is 0 Å². The van der Waals surface area contributed by atoms with Crippen LogP contribution in [0.15, 0.2) is 0 Å².